The van der Waals surface area contributed by atoms with E-state index in [4.69, 9.17) is 5.11 Å². The van der Waals surface area contributed by atoms with Crippen molar-refractivity contribution < 1.29 is 9.90 Å². The number of carbonyl (C=O) groups is 1. The largest absolute Gasteiger partial charge is 0.480 e. The van der Waals surface area contributed by atoms with E-state index in [1.807, 2.05) is 6.92 Å². The Morgan fingerprint density at radius 3 is 2.47 bits per heavy atom. The number of carboxylic acids is 1. The molecule has 1 atom stereocenters. The molecule has 0 aromatic heterocycles. The minimum Gasteiger partial charge on any atom is -0.480 e. The number of hydrogen-bond acceptors (Lipinski definition) is 3. The van der Waals surface area contributed by atoms with Crippen LogP contribution < -0.4 is 0 Å². The van der Waals surface area contributed by atoms with Crippen molar-refractivity contribution in [3.05, 3.63) is 0 Å². The van der Waals surface area contributed by atoms with E-state index in [-0.39, 0.29) is 11.6 Å². The van der Waals surface area contributed by atoms with Gasteiger partial charge in [0.25, 0.3) is 0 Å². The number of likely N-dealkylation sites (N-methyl/N-ethyl adjacent to an activating group) is 1. The number of hydrogen-bond donors (Lipinski definition) is 1. The van der Waals surface area contributed by atoms with Gasteiger partial charge in [-0.15, -0.1) is 0 Å². The Hall–Kier alpha value is -0.610. The molecule has 0 amide bonds. The lowest BCUT2D eigenvalue weighted by Gasteiger charge is -2.47. The van der Waals surface area contributed by atoms with Crippen LogP contribution in [0, 0.1) is 0 Å². The first-order valence-electron chi connectivity index (χ1n) is 5.56. The standard InChI is InChI=1S/C11H22N2O2/c1-5-9(10(14)15)13-7-6-12(4)11(2,3)8-13/h9H,5-8H2,1-4H3,(H,14,15). The molecule has 1 saturated heterocycles. The van der Waals surface area contributed by atoms with Gasteiger partial charge in [0, 0.05) is 25.2 Å². The van der Waals surface area contributed by atoms with Crippen molar-refractivity contribution in [2.24, 2.45) is 0 Å². The van der Waals surface area contributed by atoms with Crippen LogP contribution in [-0.2, 0) is 4.79 Å². The lowest BCUT2D eigenvalue weighted by molar-refractivity contribution is -0.145. The minimum atomic E-state index is -0.696. The molecular weight excluding hydrogens is 192 g/mol. The summed E-state index contributed by atoms with van der Waals surface area (Å²) in [6.45, 7) is 8.88. The van der Waals surface area contributed by atoms with Crippen LogP contribution in [0.2, 0.25) is 0 Å². The fourth-order valence-corrected chi connectivity index (χ4v) is 2.13. The van der Waals surface area contributed by atoms with Gasteiger partial charge in [0.1, 0.15) is 6.04 Å². The van der Waals surface area contributed by atoms with E-state index in [1.165, 1.54) is 0 Å². The number of aliphatic carboxylic acids is 1. The molecule has 1 aliphatic rings. The van der Waals surface area contributed by atoms with E-state index >= 15 is 0 Å². The highest BCUT2D eigenvalue weighted by Gasteiger charge is 2.35. The van der Waals surface area contributed by atoms with Crippen molar-refractivity contribution in [1.29, 1.82) is 0 Å². The highest BCUT2D eigenvalue weighted by atomic mass is 16.4. The van der Waals surface area contributed by atoms with E-state index in [9.17, 15) is 4.79 Å². The van der Waals surface area contributed by atoms with Crippen molar-refractivity contribution in [2.45, 2.75) is 38.8 Å². The molecule has 1 heterocycles. The number of rotatable bonds is 3. The predicted octanol–water partition coefficient (Wildman–Crippen LogP) is 0.876. The summed E-state index contributed by atoms with van der Waals surface area (Å²) in [6, 6.07) is -0.321. The van der Waals surface area contributed by atoms with Crippen LogP contribution in [-0.4, -0.2) is 59.1 Å². The van der Waals surface area contributed by atoms with Crippen LogP contribution in [0.3, 0.4) is 0 Å². The summed E-state index contributed by atoms with van der Waals surface area (Å²) in [5, 5.41) is 9.11. The average Bonchev–Trinajstić information content (AvgIpc) is 2.11. The first kappa shape index (κ1) is 12.5. The highest BCUT2D eigenvalue weighted by molar-refractivity contribution is 5.73. The molecule has 0 aromatic rings. The summed E-state index contributed by atoms with van der Waals surface area (Å²) < 4.78 is 0. The molecular formula is C11H22N2O2. The van der Waals surface area contributed by atoms with Gasteiger partial charge < -0.3 is 5.11 Å². The summed E-state index contributed by atoms with van der Waals surface area (Å²) in [4.78, 5) is 15.4. The molecule has 0 bridgehead atoms. The molecule has 1 fully saturated rings. The highest BCUT2D eigenvalue weighted by Crippen LogP contribution is 2.21. The van der Waals surface area contributed by atoms with E-state index in [0.29, 0.717) is 6.42 Å². The van der Waals surface area contributed by atoms with Crippen LogP contribution in [0.25, 0.3) is 0 Å². The van der Waals surface area contributed by atoms with Crippen LogP contribution in [0.1, 0.15) is 27.2 Å². The van der Waals surface area contributed by atoms with Gasteiger partial charge in [0.2, 0.25) is 0 Å². The van der Waals surface area contributed by atoms with Crippen LogP contribution in [0.5, 0.6) is 0 Å². The maximum atomic E-state index is 11.1. The van der Waals surface area contributed by atoms with Gasteiger partial charge in [-0.05, 0) is 27.3 Å². The fourth-order valence-electron chi connectivity index (χ4n) is 2.13. The quantitative estimate of drug-likeness (QED) is 0.757. The summed E-state index contributed by atoms with van der Waals surface area (Å²) in [5.41, 5.74) is 0.0706. The summed E-state index contributed by atoms with van der Waals surface area (Å²) >= 11 is 0. The third-order valence-corrected chi connectivity index (χ3v) is 3.46. The van der Waals surface area contributed by atoms with Gasteiger partial charge >= 0.3 is 5.97 Å². The van der Waals surface area contributed by atoms with Gasteiger partial charge in [0.15, 0.2) is 0 Å². The predicted molar refractivity (Wildman–Crippen MR) is 60.0 cm³/mol. The Labute approximate surface area is 91.9 Å². The van der Waals surface area contributed by atoms with Gasteiger partial charge in [-0.2, -0.15) is 0 Å². The fraction of sp³-hybridized carbons (Fsp3) is 0.909. The first-order valence-corrected chi connectivity index (χ1v) is 5.56. The van der Waals surface area contributed by atoms with E-state index in [2.05, 4.69) is 30.7 Å². The Balaban J connectivity index is 2.69. The zero-order valence-electron chi connectivity index (χ0n) is 10.2. The van der Waals surface area contributed by atoms with Crippen LogP contribution in [0.4, 0.5) is 0 Å². The summed E-state index contributed by atoms with van der Waals surface area (Å²) in [6.07, 6.45) is 0.676. The molecule has 4 nitrogen and oxygen atoms in total. The molecule has 0 spiro atoms. The Morgan fingerprint density at radius 2 is 2.07 bits per heavy atom. The Bertz CT molecular complexity index is 241. The molecule has 88 valence electrons. The van der Waals surface area contributed by atoms with Crippen LogP contribution in [0.15, 0.2) is 0 Å². The lowest BCUT2D eigenvalue weighted by Crippen LogP contribution is -2.60. The van der Waals surface area contributed by atoms with Gasteiger partial charge in [0.05, 0.1) is 0 Å². The molecule has 1 aliphatic heterocycles. The van der Waals surface area contributed by atoms with Crippen molar-refractivity contribution in [2.75, 3.05) is 26.7 Å². The second-order valence-electron chi connectivity index (χ2n) is 4.97. The van der Waals surface area contributed by atoms with Crippen molar-refractivity contribution >= 4 is 5.97 Å². The van der Waals surface area contributed by atoms with Crippen molar-refractivity contribution in [3.63, 3.8) is 0 Å². The Kier molecular flexibility index (Phi) is 3.73. The average molecular weight is 214 g/mol. The minimum absolute atomic E-state index is 0.0706. The normalized spacial score (nSPS) is 25.1. The molecule has 0 aromatic carbocycles. The second kappa shape index (κ2) is 4.49. The first-order chi connectivity index (χ1) is 6.88. The van der Waals surface area contributed by atoms with Gasteiger partial charge in [-0.1, -0.05) is 6.92 Å². The Morgan fingerprint density at radius 1 is 1.47 bits per heavy atom. The number of nitrogens with zero attached hydrogens (tertiary/aromatic N) is 2. The molecule has 1 unspecified atom stereocenters. The SMILES string of the molecule is CCC(C(=O)O)N1CCN(C)C(C)(C)C1. The molecule has 4 heteroatoms. The topological polar surface area (TPSA) is 43.8 Å². The van der Waals surface area contributed by atoms with E-state index < -0.39 is 5.97 Å². The van der Waals surface area contributed by atoms with Crippen LogP contribution >= 0.6 is 0 Å². The third kappa shape index (κ3) is 2.69. The third-order valence-electron chi connectivity index (χ3n) is 3.46. The van der Waals surface area contributed by atoms with Gasteiger partial charge in [-0.25, -0.2) is 0 Å². The monoisotopic (exact) mass is 214 g/mol. The molecule has 15 heavy (non-hydrogen) atoms. The van der Waals surface area contributed by atoms with E-state index in [0.717, 1.165) is 19.6 Å². The van der Waals surface area contributed by atoms with Crippen molar-refractivity contribution in [1.82, 2.24) is 9.80 Å². The maximum absolute atomic E-state index is 11.1. The maximum Gasteiger partial charge on any atom is 0.320 e. The molecule has 1 rings (SSSR count). The second-order valence-corrected chi connectivity index (χ2v) is 4.97. The molecule has 1 N–H and O–H groups in total. The number of piperazine rings is 1. The molecule has 0 saturated carbocycles. The smallest absolute Gasteiger partial charge is 0.320 e. The van der Waals surface area contributed by atoms with Gasteiger partial charge in [-0.3, -0.25) is 14.6 Å². The summed E-state index contributed by atoms with van der Waals surface area (Å²) in [5.74, 6) is -0.696. The van der Waals surface area contributed by atoms with E-state index in [1.54, 1.807) is 0 Å². The molecule has 0 aliphatic carbocycles. The molecule has 0 radical (unpaired) electrons. The zero-order chi connectivity index (χ0) is 11.6. The summed E-state index contributed by atoms with van der Waals surface area (Å²) in [7, 11) is 2.10. The zero-order valence-corrected chi connectivity index (χ0v) is 10.2. The number of carboxylic acid groups (broad SMARTS) is 1. The lowest BCUT2D eigenvalue weighted by atomic mass is 9.98. The van der Waals surface area contributed by atoms with Crippen molar-refractivity contribution in [3.8, 4) is 0 Å².